The number of carbonyl (C=O) groups excluding carboxylic acids is 2. The van der Waals surface area contributed by atoms with Gasteiger partial charge in [-0.3, -0.25) is 9.59 Å². The van der Waals surface area contributed by atoms with Crippen LogP contribution < -0.4 is 10.1 Å². The normalized spacial score (nSPS) is 32.8. The van der Waals surface area contributed by atoms with Crippen LogP contribution in [0.2, 0.25) is 0 Å². The van der Waals surface area contributed by atoms with E-state index in [0.717, 1.165) is 5.56 Å². The van der Waals surface area contributed by atoms with Gasteiger partial charge in [0, 0.05) is 12.0 Å². The Balaban J connectivity index is 1.19. The molecule has 0 bridgehead atoms. The van der Waals surface area contributed by atoms with Crippen molar-refractivity contribution in [2.45, 2.75) is 81.9 Å². The number of ketones is 1. The largest absolute Gasteiger partial charge is 0.462 e. The molecule has 226 valence electrons. The number of hydrogen-bond acceptors (Lipinski definition) is 10. The van der Waals surface area contributed by atoms with Gasteiger partial charge < -0.3 is 44.3 Å². The lowest BCUT2D eigenvalue weighted by Crippen LogP contribution is -2.67. The summed E-state index contributed by atoms with van der Waals surface area (Å²) in [5.41, 5.74) is 1.45. The van der Waals surface area contributed by atoms with Crippen molar-refractivity contribution in [2.75, 3.05) is 6.79 Å². The van der Waals surface area contributed by atoms with Gasteiger partial charge in [-0.05, 0) is 43.2 Å². The summed E-state index contributed by atoms with van der Waals surface area (Å²) in [7, 11) is 0. The van der Waals surface area contributed by atoms with Gasteiger partial charge in [0.15, 0.2) is 17.3 Å². The van der Waals surface area contributed by atoms with Gasteiger partial charge in [0.25, 0.3) is 0 Å². The molecule has 2 saturated heterocycles. The fourth-order valence-corrected chi connectivity index (χ4v) is 5.37. The van der Waals surface area contributed by atoms with Crippen LogP contribution in [-0.4, -0.2) is 88.9 Å². The molecule has 12 heteroatoms. The summed E-state index contributed by atoms with van der Waals surface area (Å²) in [5.74, 6) is -1.67. The van der Waals surface area contributed by atoms with Gasteiger partial charge in [0.05, 0.1) is 18.8 Å². The van der Waals surface area contributed by atoms with Crippen LogP contribution in [0.25, 0.3) is 6.08 Å². The van der Waals surface area contributed by atoms with Gasteiger partial charge >= 0.3 is 0 Å². The first-order valence-corrected chi connectivity index (χ1v) is 13.7. The molecule has 3 fully saturated rings. The standard InChI is InChI=1S/C30H34FNO10/c1-15(30(37)32-23-24(34)26(36)29-28(25(23)35)39-14-40-29)10-18-8-9-20(19(31)11-18)41-22-12-21(27(42-22)16(2)33)38-13-17-6-4-3-5-7-17/h3-11,21-29,34-36H,12-14H2,1-2H3,(H,32,37)/b15-10+/t21-,22?,23?,24-,25+,26+,27+,28-,29+/m0/s1. The van der Waals surface area contributed by atoms with E-state index in [9.17, 15) is 29.3 Å². The molecule has 5 rings (SSSR count). The molecule has 42 heavy (non-hydrogen) atoms. The van der Waals surface area contributed by atoms with Crippen LogP contribution in [0.15, 0.2) is 54.1 Å². The molecule has 1 saturated carbocycles. The number of ether oxygens (including phenoxy) is 5. The number of nitrogens with one attached hydrogen (secondary N) is 1. The van der Waals surface area contributed by atoms with E-state index in [1.165, 1.54) is 32.1 Å². The third kappa shape index (κ3) is 6.55. The zero-order valence-corrected chi connectivity index (χ0v) is 23.1. The Morgan fingerprint density at radius 1 is 1.02 bits per heavy atom. The molecule has 1 aliphatic carbocycles. The van der Waals surface area contributed by atoms with E-state index in [0.29, 0.717) is 5.56 Å². The second kappa shape index (κ2) is 13.0. The van der Waals surface area contributed by atoms with Crippen molar-refractivity contribution in [1.29, 1.82) is 0 Å². The van der Waals surface area contributed by atoms with Crippen molar-refractivity contribution in [2.24, 2.45) is 0 Å². The van der Waals surface area contributed by atoms with E-state index in [1.54, 1.807) is 6.07 Å². The van der Waals surface area contributed by atoms with E-state index in [1.807, 2.05) is 30.3 Å². The fraction of sp³-hybridized carbons (Fsp3) is 0.467. The monoisotopic (exact) mass is 587 g/mol. The molecule has 0 spiro atoms. The average molecular weight is 588 g/mol. The molecule has 4 N–H and O–H groups in total. The number of benzene rings is 2. The highest BCUT2D eigenvalue weighted by Gasteiger charge is 2.53. The number of Topliss-reactive ketones (excluding diaryl/α,β-unsaturated/α-hetero) is 1. The number of hydrogen-bond donors (Lipinski definition) is 4. The maximum absolute atomic E-state index is 15.0. The number of aliphatic hydroxyl groups is 3. The van der Waals surface area contributed by atoms with Crippen molar-refractivity contribution in [1.82, 2.24) is 5.32 Å². The minimum Gasteiger partial charge on any atom is -0.462 e. The Morgan fingerprint density at radius 3 is 2.43 bits per heavy atom. The molecule has 2 aliphatic heterocycles. The van der Waals surface area contributed by atoms with E-state index in [2.05, 4.69) is 5.32 Å². The molecule has 2 unspecified atom stereocenters. The summed E-state index contributed by atoms with van der Waals surface area (Å²) in [6, 6.07) is 12.4. The van der Waals surface area contributed by atoms with Gasteiger partial charge in [-0.2, -0.15) is 0 Å². The van der Waals surface area contributed by atoms with Crippen LogP contribution in [0.1, 0.15) is 31.4 Å². The Hall–Kier alpha value is -3.23. The summed E-state index contributed by atoms with van der Waals surface area (Å²) >= 11 is 0. The number of fused-ring (bicyclic) bond motifs is 1. The number of carbonyl (C=O) groups is 2. The van der Waals surface area contributed by atoms with E-state index in [-0.39, 0.29) is 36.9 Å². The molecule has 11 nitrogen and oxygen atoms in total. The summed E-state index contributed by atoms with van der Waals surface area (Å²) in [6.07, 6.45) is -6.63. The van der Waals surface area contributed by atoms with Crippen LogP contribution in [0.3, 0.4) is 0 Å². The van der Waals surface area contributed by atoms with Gasteiger partial charge in [-0.25, -0.2) is 4.39 Å². The smallest absolute Gasteiger partial charge is 0.247 e. The lowest BCUT2D eigenvalue weighted by molar-refractivity contribution is -0.155. The van der Waals surface area contributed by atoms with Crippen molar-refractivity contribution in [3.63, 3.8) is 0 Å². The molecule has 2 aromatic carbocycles. The molecular formula is C30H34FNO10. The van der Waals surface area contributed by atoms with Gasteiger partial charge in [-0.15, -0.1) is 0 Å². The predicted octanol–water partition coefficient (Wildman–Crippen LogP) is 1.22. The summed E-state index contributed by atoms with van der Waals surface area (Å²) in [6.45, 7) is 3.03. The highest BCUT2D eigenvalue weighted by molar-refractivity contribution is 5.97. The Morgan fingerprint density at radius 2 is 1.74 bits per heavy atom. The molecular weight excluding hydrogens is 553 g/mol. The van der Waals surface area contributed by atoms with Crippen molar-refractivity contribution >= 4 is 17.8 Å². The van der Waals surface area contributed by atoms with Crippen LogP contribution >= 0.6 is 0 Å². The lowest BCUT2D eigenvalue weighted by Gasteiger charge is -2.41. The molecule has 1 amide bonds. The predicted molar refractivity (Wildman–Crippen MR) is 144 cm³/mol. The zero-order chi connectivity index (χ0) is 30.0. The van der Waals surface area contributed by atoms with E-state index < -0.39 is 66.8 Å². The highest BCUT2D eigenvalue weighted by Crippen LogP contribution is 2.31. The summed E-state index contributed by atoms with van der Waals surface area (Å²) in [5, 5.41) is 33.8. The SMILES string of the molecule is CC(=O)[C@H]1OC(Oc2ccc(/C=C(\C)C(=O)NC3[C@@H](O)[C@@H]4OCO[C@@H]4[C@H](O)[C@H]3O)cc2F)C[C@@H]1OCc1ccccc1. The molecule has 9 atom stereocenters. The molecule has 2 heterocycles. The molecule has 3 aliphatic rings. The van der Waals surface area contributed by atoms with E-state index >= 15 is 0 Å². The number of aliphatic hydroxyl groups excluding tert-OH is 3. The average Bonchev–Trinajstić information content (AvgIpc) is 3.63. The maximum Gasteiger partial charge on any atom is 0.247 e. The summed E-state index contributed by atoms with van der Waals surface area (Å²) in [4.78, 5) is 25.0. The molecule has 2 aromatic rings. The molecule has 0 aromatic heterocycles. The zero-order valence-electron chi connectivity index (χ0n) is 23.1. The first kappa shape index (κ1) is 30.2. The Kier molecular flexibility index (Phi) is 9.33. The topological polar surface area (TPSA) is 153 Å². The van der Waals surface area contributed by atoms with Crippen LogP contribution in [0.5, 0.6) is 5.75 Å². The number of rotatable bonds is 9. The van der Waals surface area contributed by atoms with Crippen LogP contribution in [0.4, 0.5) is 4.39 Å². The van der Waals surface area contributed by atoms with Crippen molar-refractivity contribution in [3.05, 3.63) is 71.0 Å². The third-order valence-corrected chi connectivity index (χ3v) is 7.63. The van der Waals surface area contributed by atoms with Gasteiger partial charge in [-0.1, -0.05) is 36.4 Å². The first-order chi connectivity index (χ1) is 20.1. The Bertz CT molecular complexity index is 1310. The second-order valence-corrected chi connectivity index (χ2v) is 10.7. The van der Waals surface area contributed by atoms with Crippen LogP contribution in [-0.2, 0) is 35.1 Å². The van der Waals surface area contributed by atoms with Crippen molar-refractivity contribution < 1.29 is 53.0 Å². The second-order valence-electron chi connectivity index (χ2n) is 10.7. The Labute approximate surface area is 241 Å². The number of halogens is 1. The quantitative estimate of drug-likeness (QED) is 0.315. The number of amides is 1. The van der Waals surface area contributed by atoms with Crippen molar-refractivity contribution in [3.8, 4) is 5.75 Å². The minimum atomic E-state index is -1.49. The summed E-state index contributed by atoms with van der Waals surface area (Å²) < 4.78 is 42.8. The first-order valence-electron chi connectivity index (χ1n) is 13.7. The third-order valence-electron chi connectivity index (χ3n) is 7.63. The minimum absolute atomic E-state index is 0.0963. The van der Waals surface area contributed by atoms with Crippen LogP contribution in [0, 0.1) is 5.82 Å². The van der Waals surface area contributed by atoms with Gasteiger partial charge in [0.1, 0.15) is 43.4 Å². The van der Waals surface area contributed by atoms with Gasteiger partial charge in [0.2, 0.25) is 12.2 Å². The highest BCUT2D eigenvalue weighted by atomic mass is 19.1. The van der Waals surface area contributed by atoms with E-state index in [4.69, 9.17) is 23.7 Å². The fourth-order valence-electron chi connectivity index (χ4n) is 5.37. The lowest BCUT2D eigenvalue weighted by atomic mass is 9.83. The molecule has 0 radical (unpaired) electrons. The maximum atomic E-state index is 15.0.